The van der Waals surface area contributed by atoms with Gasteiger partial charge in [-0.25, -0.2) is 8.42 Å². The van der Waals surface area contributed by atoms with Crippen LogP contribution < -0.4 is 5.32 Å². The average Bonchev–Trinajstić information content (AvgIpc) is 2.31. The lowest BCUT2D eigenvalue weighted by Crippen LogP contribution is -2.39. The number of sulfone groups is 1. The van der Waals surface area contributed by atoms with Crippen LogP contribution in [0.5, 0.6) is 0 Å². The fraction of sp³-hybridized carbons (Fsp3) is 1.00. The molecule has 1 aliphatic heterocycles. The zero-order valence-electron chi connectivity index (χ0n) is 11.2. The predicted octanol–water partition coefficient (Wildman–Crippen LogP) is 2.37. The van der Waals surface area contributed by atoms with E-state index < -0.39 is 9.84 Å². The minimum absolute atomic E-state index is 0.371. The van der Waals surface area contributed by atoms with Crippen LogP contribution in [0.2, 0.25) is 0 Å². The molecule has 0 aromatic carbocycles. The van der Waals surface area contributed by atoms with Gasteiger partial charge in [0.1, 0.15) is 9.84 Å². The van der Waals surface area contributed by atoms with Crippen LogP contribution in [-0.4, -0.2) is 32.5 Å². The Labute approximate surface area is 106 Å². The summed E-state index contributed by atoms with van der Waals surface area (Å²) in [4.78, 5) is 0. The SMILES string of the molecule is CCCCC(CC)CNC1CCS(=O)(=O)CC1. The molecule has 1 saturated heterocycles. The molecule has 3 nitrogen and oxygen atoms in total. The molecular formula is C13H27NO2S. The number of nitrogens with one attached hydrogen (secondary N) is 1. The Hall–Kier alpha value is -0.0900. The van der Waals surface area contributed by atoms with Crippen LogP contribution in [0.15, 0.2) is 0 Å². The lowest BCUT2D eigenvalue weighted by molar-refractivity contribution is 0.373. The summed E-state index contributed by atoms with van der Waals surface area (Å²) >= 11 is 0. The first-order valence-corrected chi connectivity index (χ1v) is 8.83. The number of rotatable bonds is 7. The molecular weight excluding hydrogens is 234 g/mol. The van der Waals surface area contributed by atoms with Crippen molar-refractivity contribution in [2.45, 2.75) is 58.4 Å². The normalized spacial score (nSPS) is 22.5. The van der Waals surface area contributed by atoms with Gasteiger partial charge in [-0.15, -0.1) is 0 Å². The van der Waals surface area contributed by atoms with Gasteiger partial charge in [-0.3, -0.25) is 0 Å². The van der Waals surface area contributed by atoms with E-state index >= 15 is 0 Å². The summed E-state index contributed by atoms with van der Waals surface area (Å²) in [6, 6.07) is 0.425. The van der Waals surface area contributed by atoms with E-state index in [0.717, 1.165) is 25.3 Å². The van der Waals surface area contributed by atoms with Gasteiger partial charge in [-0.2, -0.15) is 0 Å². The van der Waals surface area contributed by atoms with Crippen molar-refractivity contribution in [3.63, 3.8) is 0 Å². The van der Waals surface area contributed by atoms with Crippen molar-refractivity contribution in [3.05, 3.63) is 0 Å². The van der Waals surface area contributed by atoms with E-state index in [4.69, 9.17) is 0 Å². The molecule has 0 bridgehead atoms. The fourth-order valence-electron chi connectivity index (χ4n) is 2.37. The topological polar surface area (TPSA) is 46.2 Å². The monoisotopic (exact) mass is 261 g/mol. The molecule has 0 amide bonds. The van der Waals surface area contributed by atoms with Crippen molar-refractivity contribution in [2.75, 3.05) is 18.1 Å². The van der Waals surface area contributed by atoms with Crippen LogP contribution in [0, 0.1) is 5.92 Å². The number of hydrogen-bond donors (Lipinski definition) is 1. The lowest BCUT2D eigenvalue weighted by atomic mass is 9.98. The number of unbranched alkanes of at least 4 members (excludes halogenated alkanes) is 1. The lowest BCUT2D eigenvalue weighted by Gasteiger charge is -2.25. The molecule has 0 aromatic heterocycles. The third-order valence-electron chi connectivity index (χ3n) is 3.79. The van der Waals surface area contributed by atoms with Crippen molar-refractivity contribution >= 4 is 9.84 Å². The van der Waals surface area contributed by atoms with Gasteiger partial charge in [-0.05, 0) is 31.7 Å². The minimum Gasteiger partial charge on any atom is -0.314 e. The fourth-order valence-corrected chi connectivity index (χ4v) is 3.86. The Morgan fingerprint density at radius 2 is 1.88 bits per heavy atom. The number of hydrogen-bond acceptors (Lipinski definition) is 3. The maximum atomic E-state index is 11.3. The van der Waals surface area contributed by atoms with Gasteiger partial charge in [0.2, 0.25) is 0 Å². The van der Waals surface area contributed by atoms with Gasteiger partial charge in [0.15, 0.2) is 0 Å². The average molecular weight is 261 g/mol. The van der Waals surface area contributed by atoms with Crippen LogP contribution in [0.3, 0.4) is 0 Å². The predicted molar refractivity (Wildman–Crippen MR) is 73.0 cm³/mol. The highest BCUT2D eigenvalue weighted by molar-refractivity contribution is 7.91. The first-order chi connectivity index (χ1) is 8.07. The summed E-state index contributed by atoms with van der Waals surface area (Å²) in [7, 11) is -2.71. The largest absolute Gasteiger partial charge is 0.314 e. The standard InChI is InChI=1S/C13H27NO2S/c1-3-5-6-12(4-2)11-14-13-7-9-17(15,16)10-8-13/h12-14H,3-11H2,1-2H3. The van der Waals surface area contributed by atoms with Crippen LogP contribution in [0.1, 0.15) is 52.4 Å². The molecule has 1 aliphatic rings. The van der Waals surface area contributed by atoms with Crippen molar-refractivity contribution in [3.8, 4) is 0 Å². The smallest absolute Gasteiger partial charge is 0.150 e. The molecule has 1 N–H and O–H groups in total. The second-order valence-electron chi connectivity index (χ2n) is 5.25. The summed E-state index contributed by atoms with van der Waals surface area (Å²) in [6.45, 7) is 5.53. The molecule has 1 atom stereocenters. The summed E-state index contributed by atoms with van der Waals surface area (Å²) in [5.74, 6) is 1.50. The highest BCUT2D eigenvalue weighted by Crippen LogP contribution is 2.15. The van der Waals surface area contributed by atoms with Crippen LogP contribution >= 0.6 is 0 Å². The molecule has 4 heteroatoms. The van der Waals surface area contributed by atoms with Gasteiger partial charge in [0, 0.05) is 6.04 Å². The molecule has 1 fully saturated rings. The maximum Gasteiger partial charge on any atom is 0.150 e. The van der Waals surface area contributed by atoms with E-state index in [2.05, 4.69) is 19.2 Å². The molecule has 0 aromatic rings. The zero-order chi connectivity index (χ0) is 12.7. The van der Waals surface area contributed by atoms with E-state index in [0.29, 0.717) is 17.5 Å². The Morgan fingerprint density at radius 3 is 2.41 bits per heavy atom. The van der Waals surface area contributed by atoms with Crippen molar-refractivity contribution in [1.29, 1.82) is 0 Å². The summed E-state index contributed by atoms with van der Waals surface area (Å²) < 4.78 is 22.6. The quantitative estimate of drug-likeness (QED) is 0.765. The maximum absolute atomic E-state index is 11.3. The van der Waals surface area contributed by atoms with E-state index in [9.17, 15) is 8.42 Å². The van der Waals surface area contributed by atoms with E-state index in [-0.39, 0.29) is 0 Å². The minimum atomic E-state index is -2.71. The molecule has 0 radical (unpaired) electrons. The first kappa shape index (κ1) is 15.0. The molecule has 0 aliphatic carbocycles. The van der Waals surface area contributed by atoms with E-state index in [1.807, 2.05) is 0 Å². The van der Waals surface area contributed by atoms with Crippen molar-refractivity contribution in [2.24, 2.45) is 5.92 Å². The van der Waals surface area contributed by atoms with Gasteiger partial charge < -0.3 is 5.32 Å². The second kappa shape index (κ2) is 7.37. The molecule has 102 valence electrons. The van der Waals surface area contributed by atoms with Gasteiger partial charge in [-0.1, -0.05) is 33.1 Å². The van der Waals surface area contributed by atoms with Crippen LogP contribution in [0.4, 0.5) is 0 Å². The second-order valence-corrected chi connectivity index (χ2v) is 7.55. The molecule has 17 heavy (non-hydrogen) atoms. The van der Waals surface area contributed by atoms with Gasteiger partial charge in [0.05, 0.1) is 11.5 Å². The van der Waals surface area contributed by atoms with Crippen LogP contribution in [-0.2, 0) is 9.84 Å². The molecule has 0 spiro atoms. The summed E-state index contributed by atoms with van der Waals surface area (Å²) in [5.41, 5.74) is 0. The summed E-state index contributed by atoms with van der Waals surface area (Å²) in [5, 5.41) is 3.55. The molecule has 1 unspecified atom stereocenters. The van der Waals surface area contributed by atoms with Gasteiger partial charge in [0.25, 0.3) is 0 Å². The Kier molecular flexibility index (Phi) is 6.49. The Morgan fingerprint density at radius 1 is 1.24 bits per heavy atom. The van der Waals surface area contributed by atoms with Crippen LogP contribution in [0.25, 0.3) is 0 Å². The zero-order valence-corrected chi connectivity index (χ0v) is 12.1. The van der Waals surface area contributed by atoms with Crippen molar-refractivity contribution in [1.82, 2.24) is 5.32 Å². The molecule has 1 heterocycles. The highest BCUT2D eigenvalue weighted by Gasteiger charge is 2.23. The molecule has 0 saturated carbocycles. The third-order valence-corrected chi connectivity index (χ3v) is 5.51. The Bertz CT molecular complexity index is 287. The third kappa shape index (κ3) is 5.87. The molecule has 1 rings (SSSR count). The first-order valence-electron chi connectivity index (χ1n) is 7.01. The Balaban J connectivity index is 2.21. The highest BCUT2D eigenvalue weighted by atomic mass is 32.2. The summed E-state index contributed by atoms with van der Waals surface area (Å²) in [6.07, 6.45) is 6.68. The van der Waals surface area contributed by atoms with Gasteiger partial charge >= 0.3 is 0 Å². The van der Waals surface area contributed by atoms with E-state index in [1.165, 1.54) is 25.7 Å². The van der Waals surface area contributed by atoms with Crippen molar-refractivity contribution < 1.29 is 8.42 Å². The van der Waals surface area contributed by atoms with E-state index in [1.54, 1.807) is 0 Å².